The van der Waals surface area contributed by atoms with E-state index in [4.69, 9.17) is 10.5 Å². The van der Waals surface area contributed by atoms with Gasteiger partial charge in [-0.05, 0) is 42.9 Å². The van der Waals surface area contributed by atoms with Crippen LogP contribution in [0.1, 0.15) is 47.2 Å². The molecule has 9 heteroatoms. The summed E-state index contributed by atoms with van der Waals surface area (Å²) in [5.74, 6) is -0.779. The van der Waals surface area contributed by atoms with Crippen molar-refractivity contribution in [1.82, 2.24) is 15.1 Å². The number of methoxy groups -OCH3 is 1. The van der Waals surface area contributed by atoms with Crippen molar-refractivity contribution in [3.63, 3.8) is 0 Å². The minimum atomic E-state index is -0.447. The Morgan fingerprint density at radius 1 is 1.03 bits per heavy atom. The van der Waals surface area contributed by atoms with E-state index in [-0.39, 0.29) is 42.4 Å². The number of halogens is 1. The van der Waals surface area contributed by atoms with Gasteiger partial charge in [-0.1, -0.05) is 54.6 Å². The average molecular weight is 511 g/mol. The number of hydrogen-bond donors (Lipinski definition) is 2. The zero-order chi connectivity index (χ0) is 24.8. The summed E-state index contributed by atoms with van der Waals surface area (Å²) in [6.45, 7) is 0.673. The molecule has 0 radical (unpaired) electrons. The lowest BCUT2D eigenvalue weighted by atomic mass is 9.86. The first kappa shape index (κ1) is 27.1. The molecule has 1 aliphatic carbocycles. The smallest absolute Gasteiger partial charge is 0.308 e. The highest BCUT2D eigenvalue weighted by Crippen LogP contribution is 2.25. The van der Waals surface area contributed by atoms with Gasteiger partial charge in [0.1, 0.15) is 5.56 Å². The maximum atomic E-state index is 13.3. The number of rotatable bonds is 7. The molecule has 4 rings (SSSR count). The summed E-state index contributed by atoms with van der Waals surface area (Å²) < 4.78 is 6.18. The molecule has 8 nitrogen and oxygen atoms in total. The molecule has 0 aliphatic heterocycles. The Balaban J connectivity index is 0.00000361. The molecule has 3 aromatic rings. The molecule has 3 N–H and O–H groups in total. The Labute approximate surface area is 216 Å². The highest BCUT2D eigenvalue weighted by Gasteiger charge is 2.28. The van der Waals surface area contributed by atoms with Gasteiger partial charge in [-0.3, -0.25) is 14.4 Å². The fourth-order valence-corrected chi connectivity index (χ4v) is 4.42. The van der Waals surface area contributed by atoms with Crippen LogP contribution in [-0.4, -0.2) is 34.8 Å². The van der Waals surface area contributed by atoms with Crippen LogP contribution in [0.4, 0.5) is 0 Å². The molecule has 2 aromatic carbocycles. The van der Waals surface area contributed by atoms with Crippen molar-refractivity contribution in [2.45, 2.75) is 44.8 Å². The highest BCUT2D eigenvalue weighted by molar-refractivity contribution is 5.95. The standard InChI is InChI=1S/C27H30N4O4.ClH/c1-35-27(34)21-11-13-22(14-12-21)29-25(32)23-15-24(20-9-7-18(16-28)8-10-20)30-31(26(23)33)17-19-5-3-2-4-6-19;/h2-10,15,21-22H,11-14,16-17,28H2,1H3,(H,29,32);1H/t21-,22-;. The maximum absolute atomic E-state index is 13.3. The normalized spacial score (nSPS) is 17.1. The first-order valence-corrected chi connectivity index (χ1v) is 11.8. The summed E-state index contributed by atoms with van der Waals surface area (Å²) in [7, 11) is 1.39. The number of amides is 1. The summed E-state index contributed by atoms with van der Waals surface area (Å²) in [6.07, 6.45) is 2.60. The van der Waals surface area contributed by atoms with Crippen LogP contribution in [-0.2, 0) is 22.6 Å². The van der Waals surface area contributed by atoms with Crippen LogP contribution >= 0.6 is 12.4 Å². The first-order valence-electron chi connectivity index (χ1n) is 11.8. The van der Waals surface area contributed by atoms with Gasteiger partial charge in [-0.15, -0.1) is 12.4 Å². The monoisotopic (exact) mass is 510 g/mol. The van der Waals surface area contributed by atoms with Crippen molar-refractivity contribution in [3.8, 4) is 11.3 Å². The van der Waals surface area contributed by atoms with Gasteiger partial charge in [-0.25, -0.2) is 4.68 Å². The van der Waals surface area contributed by atoms with E-state index in [9.17, 15) is 14.4 Å². The summed E-state index contributed by atoms with van der Waals surface area (Å²) in [4.78, 5) is 38.3. The zero-order valence-corrected chi connectivity index (χ0v) is 21.0. The van der Waals surface area contributed by atoms with Crippen molar-refractivity contribution < 1.29 is 14.3 Å². The summed E-state index contributed by atoms with van der Waals surface area (Å²) >= 11 is 0. The van der Waals surface area contributed by atoms with Gasteiger partial charge in [0, 0.05) is 18.2 Å². The second kappa shape index (κ2) is 12.5. The van der Waals surface area contributed by atoms with E-state index in [2.05, 4.69) is 10.4 Å². The highest BCUT2D eigenvalue weighted by atomic mass is 35.5. The topological polar surface area (TPSA) is 116 Å². The van der Waals surface area contributed by atoms with E-state index in [1.807, 2.05) is 54.6 Å². The Hall–Kier alpha value is -3.49. The van der Waals surface area contributed by atoms with Crippen LogP contribution < -0.4 is 16.6 Å². The molecule has 1 saturated carbocycles. The molecule has 1 aliphatic rings. The second-order valence-electron chi connectivity index (χ2n) is 8.84. The molecule has 36 heavy (non-hydrogen) atoms. The number of esters is 1. The number of hydrogen-bond acceptors (Lipinski definition) is 6. The van der Waals surface area contributed by atoms with Crippen LogP contribution in [0.3, 0.4) is 0 Å². The van der Waals surface area contributed by atoms with Gasteiger partial charge in [-0.2, -0.15) is 5.10 Å². The fourth-order valence-electron chi connectivity index (χ4n) is 4.42. The largest absolute Gasteiger partial charge is 0.469 e. The van der Waals surface area contributed by atoms with Gasteiger partial charge in [0.25, 0.3) is 11.5 Å². The van der Waals surface area contributed by atoms with Crippen molar-refractivity contribution in [2.75, 3.05) is 7.11 Å². The molecular weight excluding hydrogens is 480 g/mol. The lowest BCUT2D eigenvalue weighted by Crippen LogP contribution is -2.42. The molecule has 0 atom stereocenters. The average Bonchev–Trinajstić information content (AvgIpc) is 2.90. The van der Waals surface area contributed by atoms with Crippen molar-refractivity contribution >= 4 is 24.3 Å². The van der Waals surface area contributed by atoms with Crippen molar-refractivity contribution in [2.24, 2.45) is 11.7 Å². The van der Waals surface area contributed by atoms with E-state index < -0.39 is 11.5 Å². The van der Waals surface area contributed by atoms with Crippen LogP contribution in [0, 0.1) is 5.92 Å². The SMILES string of the molecule is COC(=O)[C@H]1CC[C@H](NC(=O)c2cc(-c3ccc(CN)cc3)nn(Cc3ccccc3)c2=O)CC1.Cl. The van der Waals surface area contributed by atoms with Gasteiger partial charge >= 0.3 is 5.97 Å². The molecule has 1 fully saturated rings. The van der Waals surface area contributed by atoms with E-state index >= 15 is 0 Å². The number of nitrogens with zero attached hydrogens (tertiary/aromatic N) is 2. The Bertz CT molecular complexity index is 1240. The lowest BCUT2D eigenvalue weighted by Gasteiger charge is -2.27. The summed E-state index contributed by atoms with van der Waals surface area (Å²) in [5.41, 5.74) is 8.52. The molecule has 0 spiro atoms. The van der Waals surface area contributed by atoms with Gasteiger partial charge in [0.2, 0.25) is 0 Å². The summed E-state index contributed by atoms with van der Waals surface area (Å²) in [6, 6.07) is 18.6. The number of nitrogens with one attached hydrogen (secondary N) is 1. The summed E-state index contributed by atoms with van der Waals surface area (Å²) in [5, 5.41) is 7.56. The number of nitrogens with two attached hydrogens (primary N) is 1. The third kappa shape index (κ3) is 6.38. The number of carbonyl (C=O) groups is 2. The minimum absolute atomic E-state index is 0. The van der Waals surface area contributed by atoms with Gasteiger partial charge < -0.3 is 15.8 Å². The van der Waals surface area contributed by atoms with Crippen LogP contribution in [0.25, 0.3) is 11.3 Å². The number of ether oxygens (including phenoxy) is 1. The fraction of sp³-hybridized carbons (Fsp3) is 0.333. The number of carbonyl (C=O) groups excluding carboxylic acids is 2. The van der Waals surface area contributed by atoms with E-state index in [1.54, 1.807) is 6.07 Å². The van der Waals surface area contributed by atoms with Crippen LogP contribution in [0.15, 0.2) is 65.5 Å². The molecule has 0 saturated heterocycles. The number of benzene rings is 2. The third-order valence-electron chi connectivity index (χ3n) is 6.48. The van der Waals surface area contributed by atoms with E-state index in [0.29, 0.717) is 37.9 Å². The predicted octanol–water partition coefficient (Wildman–Crippen LogP) is 3.30. The van der Waals surface area contributed by atoms with Gasteiger partial charge in [0.15, 0.2) is 0 Å². The molecule has 1 heterocycles. The second-order valence-corrected chi connectivity index (χ2v) is 8.84. The van der Waals surface area contributed by atoms with Crippen LogP contribution in [0.2, 0.25) is 0 Å². The number of aromatic nitrogens is 2. The Kier molecular flexibility index (Phi) is 9.38. The molecule has 1 aromatic heterocycles. The molecule has 0 unspecified atom stereocenters. The minimum Gasteiger partial charge on any atom is -0.469 e. The molecular formula is C27H31ClN4O4. The molecule has 0 bridgehead atoms. The Morgan fingerprint density at radius 2 is 1.69 bits per heavy atom. The van der Waals surface area contributed by atoms with E-state index in [0.717, 1.165) is 16.7 Å². The quantitative estimate of drug-likeness (QED) is 0.471. The maximum Gasteiger partial charge on any atom is 0.308 e. The third-order valence-corrected chi connectivity index (χ3v) is 6.48. The van der Waals surface area contributed by atoms with Crippen molar-refractivity contribution in [1.29, 1.82) is 0 Å². The molecule has 1 amide bonds. The van der Waals surface area contributed by atoms with Crippen LogP contribution in [0.5, 0.6) is 0 Å². The first-order chi connectivity index (χ1) is 17.0. The zero-order valence-electron chi connectivity index (χ0n) is 20.2. The Morgan fingerprint density at radius 3 is 2.31 bits per heavy atom. The van der Waals surface area contributed by atoms with Crippen molar-refractivity contribution in [3.05, 3.63) is 87.7 Å². The predicted molar refractivity (Wildman–Crippen MR) is 140 cm³/mol. The van der Waals surface area contributed by atoms with E-state index in [1.165, 1.54) is 11.8 Å². The molecule has 190 valence electrons. The lowest BCUT2D eigenvalue weighted by molar-refractivity contribution is -0.146. The van der Waals surface area contributed by atoms with Gasteiger partial charge in [0.05, 0.1) is 25.3 Å².